The van der Waals surface area contributed by atoms with Crippen molar-refractivity contribution in [2.75, 3.05) is 31.5 Å². The second-order valence-corrected chi connectivity index (χ2v) is 5.30. The Hall–Kier alpha value is -2.14. The van der Waals surface area contributed by atoms with Crippen LogP contribution < -0.4 is 5.32 Å². The first-order valence-electron chi connectivity index (χ1n) is 7.66. The zero-order valence-corrected chi connectivity index (χ0v) is 13.4. The molecule has 0 aliphatic carbocycles. The molecule has 0 bridgehead atoms. The number of anilines is 1. The third-order valence-corrected chi connectivity index (χ3v) is 3.82. The number of aromatic nitrogens is 1. The maximum atomic E-state index is 11.2. The van der Waals surface area contributed by atoms with Gasteiger partial charge in [-0.3, -0.25) is 4.98 Å². The number of nitrogens with one attached hydrogen (secondary N) is 1. The van der Waals surface area contributed by atoms with Crippen molar-refractivity contribution in [1.82, 2.24) is 9.88 Å². The van der Waals surface area contributed by atoms with E-state index in [2.05, 4.69) is 29.0 Å². The lowest BCUT2D eigenvalue weighted by molar-refractivity contribution is 0.0697. The van der Waals surface area contributed by atoms with Crippen LogP contribution in [0.1, 0.15) is 29.9 Å². The summed E-state index contributed by atoms with van der Waals surface area (Å²) in [5, 5.41) is 13.4. The molecule has 118 valence electrons. The van der Waals surface area contributed by atoms with Gasteiger partial charge in [0.15, 0.2) is 0 Å². The van der Waals surface area contributed by atoms with Crippen LogP contribution in [-0.2, 0) is 0 Å². The minimum Gasteiger partial charge on any atom is -0.478 e. The van der Waals surface area contributed by atoms with Gasteiger partial charge in [-0.1, -0.05) is 13.8 Å². The number of rotatable bonds is 7. The Morgan fingerprint density at radius 2 is 2.00 bits per heavy atom. The molecule has 2 rings (SSSR count). The van der Waals surface area contributed by atoms with Crippen LogP contribution in [0.3, 0.4) is 0 Å². The van der Waals surface area contributed by atoms with Crippen molar-refractivity contribution in [3.8, 4) is 0 Å². The van der Waals surface area contributed by atoms with Crippen LogP contribution in [0.15, 0.2) is 24.3 Å². The fraction of sp³-hybridized carbons (Fsp3) is 0.412. The van der Waals surface area contributed by atoms with E-state index in [1.807, 2.05) is 13.0 Å². The number of aromatic carboxylic acids is 1. The Labute approximate surface area is 131 Å². The van der Waals surface area contributed by atoms with Crippen molar-refractivity contribution < 1.29 is 9.90 Å². The van der Waals surface area contributed by atoms with Crippen molar-refractivity contribution in [1.29, 1.82) is 0 Å². The van der Waals surface area contributed by atoms with Gasteiger partial charge < -0.3 is 15.3 Å². The molecule has 0 amide bonds. The molecule has 0 atom stereocenters. The molecule has 5 heteroatoms. The average Bonchev–Trinajstić information content (AvgIpc) is 2.50. The molecule has 2 aromatic rings. The van der Waals surface area contributed by atoms with Crippen molar-refractivity contribution in [2.24, 2.45) is 0 Å². The van der Waals surface area contributed by atoms with Crippen molar-refractivity contribution >= 4 is 22.6 Å². The number of hydrogen-bond acceptors (Lipinski definition) is 4. The predicted octanol–water partition coefficient (Wildman–Crippen LogP) is 3.00. The van der Waals surface area contributed by atoms with Crippen LogP contribution in [-0.4, -0.2) is 47.1 Å². The Morgan fingerprint density at radius 3 is 2.64 bits per heavy atom. The fourth-order valence-electron chi connectivity index (χ4n) is 2.53. The van der Waals surface area contributed by atoms with Gasteiger partial charge >= 0.3 is 5.97 Å². The van der Waals surface area contributed by atoms with Crippen LogP contribution in [0.2, 0.25) is 0 Å². The minimum absolute atomic E-state index is 0.282. The number of nitrogens with zero attached hydrogens (tertiary/aromatic N) is 2. The fourth-order valence-corrected chi connectivity index (χ4v) is 2.53. The lowest BCUT2D eigenvalue weighted by atomic mass is 10.1. The normalized spacial score (nSPS) is 11.1. The molecule has 0 radical (unpaired) electrons. The summed E-state index contributed by atoms with van der Waals surface area (Å²) in [6, 6.07) is 7.01. The smallest absolute Gasteiger partial charge is 0.335 e. The molecule has 0 spiro atoms. The number of likely N-dealkylation sites (N-methyl/N-ethyl adjacent to an activating group) is 1. The van der Waals surface area contributed by atoms with Crippen LogP contribution in [0.4, 0.5) is 5.69 Å². The second kappa shape index (κ2) is 7.22. The van der Waals surface area contributed by atoms with E-state index in [0.29, 0.717) is 0 Å². The van der Waals surface area contributed by atoms with Crippen LogP contribution in [0, 0.1) is 6.92 Å². The number of fused-ring (bicyclic) bond motifs is 1. The summed E-state index contributed by atoms with van der Waals surface area (Å²) in [6.45, 7) is 10.1. The van der Waals surface area contributed by atoms with Crippen molar-refractivity contribution in [2.45, 2.75) is 20.8 Å². The lowest BCUT2D eigenvalue weighted by Crippen LogP contribution is -2.28. The average molecular weight is 301 g/mol. The monoisotopic (exact) mass is 301 g/mol. The highest BCUT2D eigenvalue weighted by atomic mass is 16.4. The van der Waals surface area contributed by atoms with E-state index in [1.165, 1.54) is 0 Å². The molecule has 2 N–H and O–H groups in total. The van der Waals surface area contributed by atoms with Gasteiger partial charge in [0.1, 0.15) is 0 Å². The summed E-state index contributed by atoms with van der Waals surface area (Å²) >= 11 is 0. The highest BCUT2D eigenvalue weighted by Crippen LogP contribution is 2.24. The van der Waals surface area contributed by atoms with Gasteiger partial charge in [-0.2, -0.15) is 0 Å². The van der Waals surface area contributed by atoms with Gasteiger partial charge in [0.05, 0.1) is 11.1 Å². The SMILES string of the molecule is CCN(CC)CCNc1cc(C)nc2ccc(C(=O)O)cc12. The second-order valence-electron chi connectivity index (χ2n) is 5.30. The number of benzene rings is 1. The van der Waals surface area contributed by atoms with Crippen molar-refractivity contribution in [3.63, 3.8) is 0 Å². The minimum atomic E-state index is -0.920. The van der Waals surface area contributed by atoms with E-state index in [4.69, 9.17) is 5.11 Å². The molecule has 0 saturated carbocycles. The van der Waals surface area contributed by atoms with Gasteiger partial charge in [0, 0.05) is 29.9 Å². The highest BCUT2D eigenvalue weighted by molar-refractivity contribution is 5.98. The van der Waals surface area contributed by atoms with E-state index in [0.717, 1.165) is 48.5 Å². The quantitative estimate of drug-likeness (QED) is 0.823. The summed E-state index contributed by atoms with van der Waals surface area (Å²) in [6.07, 6.45) is 0. The summed E-state index contributed by atoms with van der Waals surface area (Å²) < 4.78 is 0. The number of carbonyl (C=O) groups is 1. The zero-order chi connectivity index (χ0) is 16.1. The molecule has 0 aliphatic heterocycles. The Bertz CT molecular complexity index is 666. The molecular formula is C17H23N3O2. The Kier molecular flexibility index (Phi) is 5.33. The number of aryl methyl sites for hydroxylation is 1. The maximum Gasteiger partial charge on any atom is 0.335 e. The largest absolute Gasteiger partial charge is 0.478 e. The van der Waals surface area contributed by atoms with Gasteiger partial charge in [-0.05, 0) is 44.3 Å². The summed E-state index contributed by atoms with van der Waals surface area (Å²) in [5.74, 6) is -0.920. The molecular weight excluding hydrogens is 278 g/mol. The number of carboxylic acid groups (broad SMARTS) is 1. The molecule has 0 aliphatic rings. The van der Waals surface area contributed by atoms with Crippen molar-refractivity contribution in [3.05, 3.63) is 35.5 Å². The van der Waals surface area contributed by atoms with E-state index >= 15 is 0 Å². The Balaban J connectivity index is 2.27. The predicted molar refractivity (Wildman–Crippen MR) is 89.7 cm³/mol. The van der Waals surface area contributed by atoms with E-state index in [-0.39, 0.29) is 5.56 Å². The van der Waals surface area contributed by atoms with E-state index in [9.17, 15) is 4.79 Å². The van der Waals surface area contributed by atoms with Gasteiger partial charge in [0.2, 0.25) is 0 Å². The first-order valence-corrected chi connectivity index (χ1v) is 7.66. The lowest BCUT2D eigenvalue weighted by Gasteiger charge is -2.19. The molecule has 1 aromatic carbocycles. The molecule has 0 fully saturated rings. The number of hydrogen-bond donors (Lipinski definition) is 2. The zero-order valence-electron chi connectivity index (χ0n) is 13.4. The maximum absolute atomic E-state index is 11.2. The van der Waals surface area contributed by atoms with Gasteiger partial charge in [-0.15, -0.1) is 0 Å². The molecule has 0 saturated heterocycles. The molecule has 22 heavy (non-hydrogen) atoms. The highest BCUT2D eigenvalue weighted by Gasteiger charge is 2.09. The van der Waals surface area contributed by atoms with E-state index < -0.39 is 5.97 Å². The first kappa shape index (κ1) is 16.2. The van der Waals surface area contributed by atoms with Crippen LogP contribution >= 0.6 is 0 Å². The van der Waals surface area contributed by atoms with Crippen LogP contribution in [0.25, 0.3) is 10.9 Å². The summed E-state index contributed by atoms with van der Waals surface area (Å²) in [7, 11) is 0. The molecule has 0 unspecified atom stereocenters. The third-order valence-electron chi connectivity index (χ3n) is 3.82. The molecule has 1 aromatic heterocycles. The van der Waals surface area contributed by atoms with Gasteiger partial charge in [-0.25, -0.2) is 4.79 Å². The standard InChI is InChI=1S/C17H23N3O2/c1-4-20(5-2)9-8-18-16-10-12(3)19-15-7-6-13(17(21)22)11-14(15)16/h6-7,10-11H,4-5,8-9H2,1-3H3,(H,18,19)(H,21,22). The van der Waals surface area contributed by atoms with Gasteiger partial charge in [0.25, 0.3) is 0 Å². The number of pyridine rings is 1. The third kappa shape index (κ3) is 3.74. The van der Waals surface area contributed by atoms with E-state index in [1.54, 1.807) is 18.2 Å². The summed E-state index contributed by atoms with van der Waals surface area (Å²) in [4.78, 5) is 18.0. The molecule has 5 nitrogen and oxygen atoms in total. The molecule has 1 heterocycles. The summed E-state index contributed by atoms with van der Waals surface area (Å²) in [5.41, 5.74) is 2.96. The van der Waals surface area contributed by atoms with Crippen LogP contribution in [0.5, 0.6) is 0 Å². The Morgan fingerprint density at radius 1 is 1.27 bits per heavy atom. The topological polar surface area (TPSA) is 65.5 Å². The first-order chi connectivity index (χ1) is 10.5. The number of carboxylic acids is 1.